The predicted octanol–water partition coefficient (Wildman–Crippen LogP) is 1.70. The molecule has 1 saturated heterocycles. The minimum atomic E-state index is -3.22. The Kier molecular flexibility index (Phi) is 4.34. The zero-order valence-corrected chi connectivity index (χ0v) is 12.5. The molecule has 1 fully saturated rings. The van der Waals surface area contributed by atoms with Crippen molar-refractivity contribution in [3.63, 3.8) is 0 Å². The van der Waals surface area contributed by atoms with Gasteiger partial charge in [-0.15, -0.1) is 11.3 Å². The molecule has 0 saturated carbocycles. The van der Waals surface area contributed by atoms with E-state index >= 15 is 0 Å². The van der Waals surface area contributed by atoms with Gasteiger partial charge in [-0.25, -0.2) is 8.42 Å². The number of thiophene rings is 1. The maximum Gasteiger partial charge on any atom is 0.265 e. The van der Waals surface area contributed by atoms with Crippen molar-refractivity contribution in [1.29, 1.82) is 0 Å². The molecule has 18 heavy (non-hydrogen) atoms. The van der Waals surface area contributed by atoms with E-state index in [2.05, 4.69) is 0 Å². The quantitative estimate of drug-likeness (QED) is 0.853. The number of carbonyl (C=O) groups is 1. The van der Waals surface area contributed by atoms with Crippen LogP contribution in [0.4, 0.5) is 0 Å². The first-order valence-corrected chi connectivity index (χ1v) is 9.45. The highest BCUT2D eigenvalue weighted by atomic mass is 32.2. The molecule has 0 radical (unpaired) electrons. The molecule has 7 heteroatoms. The lowest BCUT2D eigenvalue weighted by molar-refractivity contribution is 0.0754. The molecule has 0 bridgehead atoms. The van der Waals surface area contributed by atoms with Gasteiger partial charge in [-0.1, -0.05) is 13.0 Å². The Labute approximate surface area is 115 Å². The molecule has 1 atom stereocenters. The van der Waals surface area contributed by atoms with Crippen molar-refractivity contribution in [2.45, 2.75) is 12.3 Å². The second-order valence-corrected chi connectivity index (χ2v) is 8.50. The Hall–Kier alpha value is -0.530. The Bertz CT molecular complexity index is 510. The molecular formula is C11H15NO3S3. The molecule has 1 aromatic heterocycles. The summed E-state index contributed by atoms with van der Waals surface area (Å²) in [5.74, 6) is 1.19. The zero-order valence-electron chi connectivity index (χ0n) is 10.0. The van der Waals surface area contributed by atoms with E-state index in [0.717, 1.165) is 5.75 Å². The van der Waals surface area contributed by atoms with E-state index in [-0.39, 0.29) is 11.7 Å². The van der Waals surface area contributed by atoms with E-state index in [1.807, 2.05) is 5.38 Å². The molecular weight excluding hydrogens is 290 g/mol. The smallest absolute Gasteiger partial charge is 0.265 e. The highest BCUT2D eigenvalue weighted by Crippen LogP contribution is 2.24. The number of hydrogen-bond acceptors (Lipinski definition) is 5. The van der Waals surface area contributed by atoms with Crippen LogP contribution in [0.25, 0.3) is 0 Å². The Balaban J connectivity index is 2.26. The summed E-state index contributed by atoms with van der Waals surface area (Å²) in [4.78, 5) is 14.4. The van der Waals surface area contributed by atoms with Crippen LogP contribution in [-0.2, 0) is 9.84 Å². The van der Waals surface area contributed by atoms with E-state index in [9.17, 15) is 13.2 Å². The fraction of sp³-hybridized carbons (Fsp3) is 0.545. The van der Waals surface area contributed by atoms with Crippen LogP contribution in [0, 0.1) is 0 Å². The summed E-state index contributed by atoms with van der Waals surface area (Å²) in [7, 11) is -3.22. The molecule has 1 aliphatic heterocycles. The Morgan fingerprint density at radius 2 is 2.33 bits per heavy atom. The minimum Gasteiger partial charge on any atom is -0.319 e. The summed E-state index contributed by atoms with van der Waals surface area (Å²) in [5, 5.41) is 1.16. The highest BCUT2D eigenvalue weighted by Gasteiger charge is 2.36. The fourth-order valence-corrected chi connectivity index (χ4v) is 5.49. The second-order valence-electron chi connectivity index (χ2n) is 3.96. The molecule has 1 aliphatic rings. The summed E-state index contributed by atoms with van der Waals surface area (Å²) in [6, 6.07) is 3.55. The van der Waals surface area contributed by atoms with E-state index in [0.29, 0.717) is 17.2 Å². The molecule has 0 spiro atoms. The topological polar surface area (TPSA) is 54.5 Å². The summed E-state index contributed by atoms with van der Waals surface area (Å²) >= 11 is 2.95. The third-order valence-electron chi connectivity index (χ3n) is 2.89. The zero-order chi connectivity index (χ0) is 13.2. The van der Waals surface area contributed by atoms with Gasteiger partial charge < -0.3 is 4.90 Å². The highest BCUT2D eigenvalue weighted by molar-refractivity contribution is 8.01. The van der Waals surface area contributed by atoms with Crippen LogP contribution in [0.1, 0.15) is 16.6 Å². The maximum absolute atomic E-state index is 12.3. The van der Waals surface area contributed by atoms with Crippen molar-refractivity contribution in [1.82, 2.24) is 4.90 Å². The van der Waals surface area contributed by atoms with E-state index in [1.54, 1.807) is 30.8 Å². The standard InChI is InChI=1S/C11H15NO3S3/c1-2-18(14,15)10-8-16-7-5-12(10)11(13)9-4-3-6-17-9/h3-4,6,10H,2,5,7-8H2,1H3. The third-order valence-corrected chi connectivity index (χ3v) is 7.04. The van der Waals surface area contributed by atoms with Crippen molar-refractivity contribution in [2.75, 3.05) is 23.8 Å². The molecule has 2 rings (SSSR count). The lowest BCUT2D eigenvalue weighted by Gasteiger charge is -2.34. The monoisotopic (exact) mass is 305 g/mol. The van der Waals surface area contributed by atoms with Crippen molar-refractivity contribution in [3.05, 3.63) is 22.4 Å². The predicted molar refractivity (Wildman–Crippen MR) is 75.9 cm³/mol. The number of nitrogens with zero attached hydrogens (tertiary/aromatic N) is 1. The van der Waals surface area contributed by atoms with Crippen molar-refractivity contribution < 1.29 is 13.2 Å². The fourth-order valence-electron chi connectivity index (χ4n) is 1.85. The molecule has 4 nitrogen and oxygen atoms in total. The van der Waals surface area contributed by atoms with Gasteiger partial charge in [-0.2, -0.15) is 11.8 Å². The van der Waals surface area contributed by atoms with Gasteiger partial charge >= 0.3 is 0 Å². The van der Waals surface area contributed by atoms with Crippen LogP contribution in [0.15, 0.2) is 17.5 Å². The molecule has 100 valence electrons. The molecule has 0 N–H and O–H groups in total. The Morgan fingerprint density at radius 3 is 2.94 bits per heavy atom. The largest absolute Gasteiger partial charge is 0.319 e. The molecule has 1 amide bonds. The number of thioether (sulfide) groups is 1. The summed E-state index contributed by atoms with van der Waals surface area (Å²) in [6.07, 6.45) is 0. The first-order valence-electron chi connectivity index (χ1n) is 5.70. The Morgan fingerprint density at radius 1 is 1.56 bits per heavy atom. The third kappa shape index (κ3) is 2.73. The van der Waals surface area contributed by atoms with Gasteiger partial charge in [0.25, 0.3) is 5.91 Å². The summed E-state index contributed by atoms with van der Waals surface area (Å²) < 4.78 is 24.1. The SMILES string of the molecule is CCS(=O)(=O)C1CSCCN1C(=O)c1cccs1. The van der Waals surface area contributed by atoms with Crippen LogP contribution < -0.4 is 0 Å². The molecule has 1 aromatic rings. The van der Waals surface area contributed by atoms with Crippen molar-refractivity contribution in [3.8, 4) is 0 Å². The first kappa shape index (κ1) is 13.9. The number of sulfone groups is 1. The van der Waals surface area contributed by atoms with Gasteiger partial charge in [0, 0.05) is 23.8 Å². The van der Waals surface area contributed by atoms with Crippen LogP contribution in [0.2, 0.25) is 0 Å². The average molecular weight is 305 g/mol. The summed E-state index contributed by atoms with van der Waals surface area (Å²) in [5.41, 5.74) is 0. The number of rotatable bonds is 3. The first-order chi connectivity index (χ1) is 8.56. The van der Waals surface area contributed by atoms with Crippen molar-refractivity contribution >= 4 is 38.8 Å². The second kappa shape index (κ2) is 5.63. The van der Waals surface area contributed by atoms with Gasteiger partial charge in [0.15, 0.2) is 9.84 Å². The number of hydrogen-bond donors (Lipinski definition) is 0. The molecule has 2 heterocycles. The van der Waals surface area contributed by atoms with E-state index < -0.39 is 15.2 Å². The van der Waals surface area contributed by atoms with Gasteiger partial charge in [0.1, 0.15) is 5.37 Å². The number of carbonyl (C=O) groups excluding carboxylic acids is 1. The lowest BCUT2D eigenvalue weighted by Crippen LogP contribution is -2.50. The van der Waals surface area contributed by atoms with Gasteiger partial charge in [-0.3, -0.25) is 4.79 Å². The van der Waals surface area contributed by atoms with Crippen LogP contribution in [0.5, 0.6) is 0 Å². The number of amides is 1. The van der Waals surface area contributed by atoms with Crippen molar-refractivity contribution in [2.24, 2.45) is 0 Å². The molecule has 0 aromatic carbocycles. The van der Waals surface area contributed by atoms with Gasteiger partial charge in [0.2, 0.25) is 0 Å². The van der Waals surface area contributed by atoms with Gasteiger partial charge in [0.05, 0.1) is 4.88 Å². The van der Waals surface area contributed by atoms with E-state index in [1.165, 1.54) is 16.2 Å². The van der Waals surface area contributed by atoms with E-state index in [4.69, 9.17) is 0 Å². The van der Waals surface area contributed by atoms with Crippen LogP contribution in [0.3, 0.4) is 0 Å². The molecule has 1 unspecified atom stereocenters. The van der Waals surface area contributed by atoms with Gasteiger partial charge in [-0.05, 0) is 11.4 Å². The average Bonchev–Trinajstić information content (AvgIpc) is 2.92. The minimum absolute atomic E-state index is 0.0758. The molecule has 0 aliphatic carbocycles. The van der Waals surface area contributed by atoms with Crippen LogP contribution in [-0.4, -0.2) is 48.4 Å². The lowest BCUT2D eigenvalue weighted by atomic mass is 10.4. The van der Waals surface area contributed by atoms with Crippen LogP contribution >= 0.6 is 23.1 Å². The maximum atomic E-state index is 12.3. The summed E-state index contributed by atoms with van der Waals surface area (Å²) in [6.45, 7) is 2.13. The normalized spacial score (nSPS) is 20.9.